The second-order valence-corrected chi connectivity index (χ2v) is 6.63. The summed E-state index contributed by atoms with van der Waals surface area (Å²) >= 11 is 1.06. The van der Waals surface area contributed by atoms with Crippen molar-refractivity contribution in [3.05, 3.63) is 48.3 Å². The molecule has 0 saturated carbocycles. The lowest BCUT2D eigenvalue weighted by molar-refractivity contribution is 0.0647. The summed E-state index contributed by atoms with van der Waals surface area (Å²) in [7, 11) is 0. The van der Waals surface area contributed by atoms with Crippen molar-refractivity contribution in [3.8, 4) is 16.9 Å². The van der Waals surface area contributed by atoms with E-state index in [1.54, 1.807) is 12.1 Å². The maximum atomic E-state index is 12.8. The molecule has 120 valence electrons. The maximum absolute atomic E-state index is 12.8. The van der Waals surface area contributed by atoms with Crippen LogP contribution in [0, 0.1) is 0 Å². The number of nitrogens with zero attached hydrogens (tertiary/aromatic N) is 1. The third kappa shape index (κ3) is 3.97. The Labute approximate surface area is 145 Å². The first-order chi connectivity index (χ1) is 10.9. The highest BCUT2D eigenvalue weighted by atomic mass is 127. The van der Waals surface area contributed by atoms with Crippen molar-refractivity contribution in [1.82, 2.24) is 9.97 Å². The van der Waals surface area contributed by atoms with Crippen LogP contribution in [0.4, 0.5) is 8.78 Å². The monoisotopic (exact) mass is 429 g/mol. The van der Waals surface area contributed by atoms with Crippen molar-refractivity contribution in [2.24, 2.45) is 5.73 Å². The van der Waals surface area contributed by atoms with Crippen molar-refractivity contribution >= 4 is 33.6 Å². The zero-order chi connectivity index (χ0) is 16.4. The quantitative estimate of drug-likeness (QED) is 0.475. The van der Waals surface area contributed by atoms with Crippen LogP contribution < -0.4 is 10.5 Å². The fourth-order valence-electron chi connectivity index (χ4n) is 2.25. The molecule has 23 heavy (non-hydrogen) atoms. The number of aromatic amines is 1. The Morgan fingerprint density at radius 2 is 1.83 bits per heavy atom. The number of rotatable bonds is 5. The molecule has 0 fully saturated rings. The average molecular weight is 429 g/mol. The molecule has 7 heteroatoms. The minimum Gasteiger partial charge on any atom is -0.486 e. The standard InChI is InChI=1S/C16H14F2IN3O/c17-16(18,19)9-23-12-4-1-10(2-5-12)11-3-6-13-14(7-11)22-15(8-20)21-13/h1-7H,8-9,20H2,(H,21,22). The molecule has 3 rings (SSSR count). The van der Waals surface area contributed by atoms with Crippen LogP contribution in [0.15, 0.2) is 42.5 Å². The van der Waals surface area contributed by atoms with Crippen LogP contribution in [0.1, 0.15) is 5.82 Å². The van der Waals surface area contributed by atoms with Gasteiger partial charge in [-0.1, -0.05) is 18.2 Å². The number of hydrogen-bond donors (Lipinski definition) is 2. The average Bonchev–Trinajstić information content (AvgIpc) is 2.95. The van der Waals surface area contributed by atoms with Gasteiger partial charge in [0.05, 0.1) is 17.6 Å². The molecule has 0 amide bonds. The van der Waals surface area contributed by atoms with E-state index in [-0.39, 0.29) is 0 Å². The molecular weight excluding hydrogens is 415 g/mol. The largest absolute Gasteiger partial charge is 0.486 e. The summed E-state index contributed by atoms with van der Waals surface area (Å²) in [4.78, 5) is 7.51. The highest BCUT2D eigenvalue weighted by molar-refractivity contribution is 14.1. The molecule has 0 aliphatic carbocycles. The predicted octanol–water partition coefficient (Wildman–Crippen LogP) is 4.10. The van der Waals surface area contributed by atoms with Gasteiger partial charge in [0, 0.05) is 22.6 Å². The molecule has 0 saturated heterocycles. The van der Waals surface area contributed by atoms with E-state index in [9.17, 15) is 8.78 Å². The summed E-state index contributed by atoms with van der Waals surface area (Å²) < 4.78 is 27.7. The number of halogens is 3. The lowest BCUT2D eigenvalue weighted by Crippen LogP contribution is -2.17. The first-order valence-corrected chi connectivity index (χ1v) is 8.01. The van der Waals surface area contributed by atoms with Gasteiger partial charge < -0.3 is 15.5 Å². The second-order valence-electron chi connectivity index (χ2n) is 5.05. The number of nitrogens with one attached hydrogen (secondary N) is 1. The molecule has 4 nitrogen and oxygen atoms in total. The summed E-state index contributed by atoms with van der Waals surface area (Å²) in [5.74, 6) is 1.15. The van der Waals surface area contributed by atoms with Gasteiger partial charge in [0.25, 0.3) is 0 Å². The smallest absolute Gasteiger partial charge is 0.329 e. The van der Waals surface area contributed by atoms with Crippen LogP contribution in [0.3, 0.4) is 0 Å². The van der Waals surface area contributed by atoms with E-state index in [1.165, 1.54) is 0 Å². The van der Waals surface area contributed by atoms with E-state index < -0.39 is 10.5 Å². The summed E-state index contributed by atoms with van der Waals surface area (Å²) in [6, 6.07) is 12.9. The summed E-state index contributed by atoms with van der Waals surface area (Å²) in [6.07, 6.45) is 0. The van der Waals surface area contributed by atoms with E-state index in [4.69, 9.17) is 10.5 Å². The molecule has 0 radical (unpaired) electrons. The van der Waals surface area contributed by atoms with Crippen molar-refractivity contribution in [2.75, 3.05) is 6.61 Å². The van der Waals surface area contributed by atoms with Gasteiger partial charge in [0.2, 0.25) is 0 Å². The SMILES string of the molecule is NCc1nc2ccc(-c3ccc(OCC(F)(F)I)cc3)cc2[nH]1. The van der Waals surface area contributed by atoms with Crippen LogP contribution in [0.2, 0.25) is 0 Å². The first-order valence-electron chi connectivity index (χ1n) is 6.93. The van der Waals surface area contributed by atoms with Gasteiger partial charge in [-0.3, -0.25) is 0 Å². The first kappa shape index (κ1) is 16.1. The minimum absolute atomic E-state index is 0.359. The van der Waals surface area contributed by atoms with Crippen molar-refractivity contribution in [3.63, 3.8) is 0 Å². The Kier molecular flexibility index (Phi) is 4.49. The molecule has 0 aliphatic rings. The van der Waals surface area contributed by atoms with Gasteiger partial charge in [-0.25, -0.2) is 4.98 Å². The molecule has 0 aliphatic heterocycles. The number of imidazole rings is 1. The molecule has 0 atom stereocenters. The third-order valence-electron chi connectivity index (χ3n) is 3.31. The normalized spacial score (nSPS) is 11.8. The van der Waals surface area contributed by atoms with Gasteiger partial charge >= 0.3 is 3.93 Å². The summed E-state index contributed by atoms with van der Waals surface area (Å²) in [5, 5.41) is 0. The number of benzene rings is 2. The molecule has 3 aromatic rings. The Hall–Kier alpha value is -1.74. The maximum Gasteiger partial charge on any atom is 0.329 e. The fraction of sp³-hybridized carbons (Fsp3) is 0.188. The number of H-pyrrole nitrogens is 1. The van der Waals surface area contributed by atoms with Gasteiger partial charge in [-0.2, -0.15) is 8.78 Å². The molecule has 0 spiro atoms. The predicted molar refractivity (Wildman–Crippen MR) is 93.9 cm³/mol. The zero-order valence-electron chi connectivity index (χ0n) is 12.0. The van der Waals surface area contributed by atoms with Gasteiger partial charge in [-0.15, -0.1) is 0 Å². The third-order valence-corrected chi connectivity index (χ3v) is 3.63. The van der Waals surface area contributed by atoms with Crippen molar-refractivity contribution in [2.45, 2.75) is 10.5 Å². The lowest BCUT2D eigenvalue weighted by Gasteiger charge is -2.11. The number of fused-ring (bicyclic) bond motifs is 1. The topological polar surface area (TPSA) is 63.9 Å². The minimum atomic E-state index is -2.87. The van der Waals surface area contributed by atoms with Gasteiger partial charge in [-0.05, 0) is 35.4 Å². The fourth-order valence-corrected chi connectivity index (χ4v) is 2.40. The Morgan fingerprint density at radius 3 is 2.48 bits per heavy atom. The second kappa shape index (κ2) is 6.40. The van der Waals surface area contributed by atoms with Crippen molar-refractivity contribution in [1.29, 1.82) is 0 Å². The highest BCUT2D eigenvalue weighted by Gasteiger charge is 2.24. The summed E-state index contributed by atoms with van der Waals surface area (Å²) in [5.41, 5.74) is 9.30. The molecule has 0 unspecified atom stereocenters. The Morgan fingerprint density at radius 1 is 1.13 bits per heavy atom. The molecule has 3 N–H and O–H groups in total. The van der Waals surface area contributed by atoms with E-state index in [1.807, 2.05) is 30.3 Å². The van der Waals surface area contributed by atoms with Crippen molar-refractivity contribution < 1.29 is 13.5 Å². The number of hydrogen-bond acceptors (Lipinski definition) is 3. The lowest BCUT2D eigenvalue weighted by atomic mass is 10.1. The van der Waals surface area contributed by atoms with Crippen LogP contribution in [-0.2, 0) is 6.54 Å². The molecule has 1 heterocycles. The van der Waals surface area contributed by atoms with Crippen LogP contribution in [-0.4, -0.2) is 20.5 Å². The van der Waals surface area contributed by atoms with Crippen LogP contribution in [0.25, 0.3) is 22.2 Å². The molecule has 0 bridgehead atoms. The van der Waals surface area contributed by atoms with Gasteiger partial charge in [0.1, 0.15) is 11.6 Å². The van der Waals surface area contributed by atoms with E-state index in [2.05, 4.69) is 9.97 Å². The Bertz CT molecular complexity index is 812. The van der Waals surface area contributed by atoms with E-state index in [0.717, 1.165) is 50.6 Å². The number of nitrogens with two attached hydrogens (primary N) is 1. The van der Waals surface area contributed by atoms with Crippen LogP contribution >= 0.6 is 22.6 Å². The molecular formula is C16H14F2IN3O. The van der Waals surface area contributed by atoms with E-state index >= 15 is 0 Å². The number of aromatic nitrogens is 2. The molecule has 2 aromatic carbocycles. The van der Waals surface area contributed by atoms with Gasteiger partial charge in [0.15, 0.2) is 6.61 Å². The highest BCUT2D eigenvalue weighted by Crippen LogP contribution is 2.27. The van der Waals surface area contributed by atoms with Crippen LogP contribution in [0.5, 0.6) is 5.75 Å². The molecule has 1 aromatic heterocycles. The number of alkyl halides is 3. The number of ether oxygens (including phenoxy) is 1. The van der Waals surface area contributed by atoms with E-state index in [0.29, 0.717) is 12.3 Å². The zero-order valence-corrected chi connectivity index (χ0v) is 14.2. The Balaban J connectivity index is 1.81. The summed E-state index contributed by atoms with van der Waals surface area (Å²) in [6.45, 7) is -0.285.